The average Bonchev–Trinajstić information content (AvgIpc) is 3.40. The van der Waals surface area contributed by atoms with Crippen LogP contribution in [0.2, 0.25) is 0 Å². The van der Waals surface area contributed by atoms with Crippen LogP contribution in [0, 0.1) is 5.92 Å². The molecule has 0 unspecified atom stereocenters. The van der Waals surface area contributed by atoms with Crippen molar-refractivity contribution in [2.75, 3.05) is 11.9 Å². The number of hydrogen-bond donors (Lipinski definition) is 2. The third-order valence-electron chi connectivity index (χ3n) is 3.98. The van der Waals surface area contributed by atoms with E-state index < -0.39 is 5.91 Å². The number of halogens is 1. The zero-order valence-corrected chi connectivity index (χ0v) is 18.0. The SMILES string of the molecule is CCn1cc(NC(=O)c2ccn(Cn3cc(Br)cn3)n2)c(C(=O)NCC(C)C)n1. The van der Waals surface area contributed by atoms with Crippen molar-refractivity contribution in [1.29, 1.82) is 0 Å². The summed E-state index contributed by atoms with van der Waals surface area (Å²) in [5.74, 6) is -0.431. The lowest BCUT2D eigenvalue weighted by molar-refractivity contribution is 0.0944. The van der Waals surface area contributed by atoms with Crippen molar-refractivity contribution in [3.05, 3.63) is 46.7 Å². The van der Waals surface area contributed by atoms with E-state index in [-0.39, 0.29) is 17.3 Å². The molecule has 3 aromatic heterocycles. The number of rotatable bonds is 8. The molecule has 0 radical (unpaired) electrons. The van der Waals surface area contributed by atoms with Crippen LogP contribution in [0.25, 0.3) is 0 Å². The molecule has 0 aromatic carbocycles. The highest BCUT2D eigenvalue weighted by atomic mass is 79.9. The highest BCUT2D eigenvalue weighted by Crippen LogP contribution is 2.15. The zero-order valence-electron chi connectivity index (χ0n) is 16.5. The Morgan fingerprint density at radius 1 is 1.14 bits per heavy atom. The summed E-state index contributed by atoms with van der Waals surface area (Å²) in [5, 5.41) is 18.3. The van der Waals surface area contributed by atoms with Crippen LogP contribution in [-0.4, -0.2) is 47.7 Å². The van der Waals surface area contributed by atoms with Gasteiger partial charge in [-0.05, 0) is 34.8 Å². The van der Waals surface area contributed by atoms with Gasteiger partial charge in [0.05, 0.1) is 16.4 Å². The second-order valence-corrected chi connectivity index (χ2v) is 7.80. The minimum Gasteiger partial charge on any atom is -0.350 e. The summed E-state index contributed by atoms with van der Waals surface area (Å²) in [6.07, 6.45) is 6.81. The molecule has 0 spiro atoms. The van der Waals surface area contributed by atoms with Crippen LogP contribution in [0.15, 0.2) is 35.3 Å². The second-order valence-electron chi connectivity index (χ2n) is 6.88. The first kappa shape index (κ1) is 20.8. The third-order valence-corrected chi connectivity index (χ3v) is 4.39. The minimum absolute atomic E-state index is 0.182. The van der Waals surface area contributed by atoms with Gasteiger partial charge in [-0.3, -0.25) is 19.0 Å². The lowest BCUT2D eigenvalue weighted by Crippen LogP contribution is -2.29. The molecule has 3 heterocycles. The van der Waals surface area contributed by atoms with Crippen LogP contribution >= 0.6 is 15.9 Å². The maximum absolute atomic E-state index is 12.6. The smallest absolute Gasteiger partial charge is 0.276 e. The molecule has 3 aromatic rings. The first-order chi connectivity index (χ1) is 13.9. The Balaban J connectivity index is 1.71. The fourth-order valence-corrected chi connectivity index (χ4v) is 2.86. The number of hydrogen-bond acceptors (Lipinski definition) is 5. The number of nitrogens with one attached hydrogen (secondary N) is 2. The maximum Gasteiger partial charge on any atom is 0.276 e. The van der Waals surface area contributed by atoms with E-state index in [9.17, 15) is 9.59 Å². The van der Waals surface area contributed by atoms with Gasteiger partial charge in [0.1, 0.15) is 6.67 Å². The van der Waals surface area contributed by atoms with Gasteiger partial charge in [-0.25, -0.2) is 4.68 Å². The maximum atomic E-state index is 12.6. The first-order valence-corrected chi connectivity index (χ1v) is 10.0. The Morgan fingerprint density at radius 2 is 1.93 bits per heavy atom. The molecule has 11 heteroatoms. The van der Waals surface area contributed by atoms with Gasteiger partial charge in [-0.1, -0.05) is 13.8 Å². The van der Waals surface area contributed by atoms with Crippen molar-refractivity contribution in [2.45, 2.75) is 34.0 Å². The fourth-order valence-electron chi connectivity index (χ4n) is 2.54. The molecule has 0 saturated heterocycles. The Bertz CT molecular complexity index is 1000. The molecule has 0 bridgehead atoms. The normalized spacial score (nSPS) is 11.1. The van der Waals surface area contributed by atoms with E-state index in [0.29, 0.717) is 31.4 Å². The summed E-state index contributed by atoms with van der Waals surface area (Å²) in [6, 6.07) is 1.61. The molecule has 154 valence electrons. The van der Waals surface area contributed by atoms with Crippen molar-refractivity contribution in [3.8, 4) is 0 Å². The van der Waals surface area contributed by atoms with Gasteiger partial charge < -0.3 is 10.6 Å². The van der Waals surface area contributed by atoms with Crippen LogP contribution < -0.4 is 10.6 Å². The lowest BCUT2D eigenvalue weighted by atomic mass is 10.2. The van der Waals surface area contributed by atoms with Crippen molar-refractivity contribution in [2.24, 2.45) is 5.92 Å². The molecular formula is C18H23BrN8O2. The lowest BCUT2D eigenvalue weighted by Gasteiger charge is -2.07. The Labute approximate surface area is 176 Å². The van der Waals surface area contributed by atoms with E-state index in [1.807, 2.05) is 27.0 Å². The van der Waals surface area contributed by atoms with Gasteiger partial charge in [0.25, 0.3) is 11.8 Å². The summed E-state index contributed by atoms with van der Waals surface area (Å²) in [7, 11) is 0. The fraction of sp³-hybridized carbons (Fsp3) is 0.389. The number of aryl methyl sites for hydroxylation is 1. The molecule has 0 saturated carbocycles. The summed E-state index contributed by atoms with van der Waals surface area (Å²) in [5.41, 5.74) is 0.763. The van der Waals surface area contributed by atoms with Gasteiger partial charge >= 0.3 is 0 Å². The Morgan fingerprint density at radius 3 is 2.59 bits per heavy atom. The largest absolute Gasteiger partial charge is 0.350 e. The van der Waals surface area contributed by atoms with E-state index in [0.717, 1.165) is 4.47 Å². The predicted octanol–water partition coefficient (Wildman–Crippen LogP) is 2.20. The molecule has 0 aliphatic rings. The summed E-state index contributed by atoms with van der Waals surface area (Å²) in [6.45, 7) is 7.39. The third kappa shape index (κ3) is 5.31. The van der Waals surface area contributed by atoms with Gasteiger partial charge in [0.15, 0.2) is 11.4 Å². The summed E-state index contributed by atoms with van der Waals surface area (Å²) in [4.78, 5) is 25.1. The van der Waals surface area contributed by atoms with Gasteiger partial charge in [-0.2, -0.15) is 15.3 Å². The van der Waals surface area contributed by atoms with Gasteiger partial charge in [0.2, 0.25) is 0 Å². The predicted molar refractivity (Wildman–Crippen MR) is 111 cm³/mol. The molecule has 3 rings (SSSR count). The van der Waals surface area contributed by atoms with Crippen LogP contribution in [0.3, 0.4) is 0 Å². The van der Waals surface area contributed by atoms with Crippen molar-refractivity contribution in [1.82, 2.24) is 34.7 Å². The van der Waals surface area contributed by atoms with Crippen molar-refractivity contribution >= 4 is 33.4 Å². The van der Waals surface area contributed by atoms with E-state index >= 15 is 0 Å². The molecule has 0 aliphatic heterocycles. The molecule has 2 N–H and O–H groups in total. The number of anilines is 1. The van der Waals surface area contributed by atoms with E-state index in [4.69, 9.17) is 0 Å². The quantitative estimate of drug-likeness (QED) is 0.532. The molecule has 0 atom stereocenters. The summed E-state index contributed by atoms with van der Waals surface area (Å²) < 4.78 is 5.74. The van der Waals surface area contributed by atoms with E-state index in [1.54, 1.807) is 38.7 Å². The van der Waals surface area contributed by atoms with Crippen molar-refractivity contribution < 1.29 is 9.59 Å². The molecule has 0 aliphatic carbocycles. The van der Waals surface area contributed by atoms with Crippen molar-refractivity contribution in [3.63, 3.8) is 0 Å². The average molecular weight is 463 g/mol. The highest BCUT2D eigenvalue weighted by Gasteiger charge is 2.20. The Kier molecular flexibility index (Phi) is 6.47. The van der Waals surface area contributed by atoms with Gasteiger partial charge in [0, 0.05) is 31.7 Å². The molecule has 2 amide bonds. The molecule has 0 fully saturated rings. The van der Waals surface area contributed by atoms with E-state index in [1.165, 1.54) is 0 Å². The topological polar surface area (TPSA) is 112 Å². The van der Waals surface area contributed by atoms with Crippen LogP contribution in [0.4, 0.5) is 5.69 Å². The van der Waals surface area contributed by atoms with E-state index in [2.05, 4.69) is 41.9 Å². The van der Waals surface area contributed by atoms with Crippen LogP contribution in [0.5, 0.6) is 0 Å². The van der Waals surface area contributed by atoms with Crippen LogP contribution in [-0.2, 0) is 13.2 Å². The number of amides is 2. The molecular weight excluding hydrogens is 440 g/mol. The minimum atomic E-state index is -0.418. The van der Waals surface area contributed by atoms with Crippen LogP contribution in [0.1, 0.15) is 41.7 Å². The zero-order chi connectivity index (χ0) is 21.0. The molecule has 10 nitrogen and oxygen atoms in total. The number of aromatic nitrogens is 6. The van der Waals surface area contributed by atoms with Gasteiger partial charge in [-0.15, -0.1) is 0 Å². The Hall–Kier alpha value is -2.95. The molecule has 29 heavy (non-hydrogen) atoms. The standard InChI is InChI=1S/C18H23BrN8O2/c1-4-25-10-15(16(24-25)18(29)20-7-12(2)3)22-17(28)14-5-6-26(23-14)11-27-9-13(19)8-21-27/h5-6,8-10,12H,4,7,11H2,1-3H3,(H,20,29)(H,22,28). The second kappa shape index (κ2) is 9.03. The first-order valence-electron chi connectivity index (χ1n) is 9.24. The summed E-state index contributed by atoms with van der Waals surface area (Å²) >= 11 is 3.34. The highest BCUT2D eigenvalue weighted by molar-refractivity contribution is 9.10. The monoisotopic (exact) mass is 462 g/mol. The number of carbonyl (C=O) groups is 2. The number of carbonyl (C=O) groups excluding carboxylic acids is 2. The number of nitrogens with zero attached hydrogens (tertiary/aromatic N) is 6.